The number of carbonyl (C=O) groups excluding carboxylic acids is 1. The lowest BCUT2D eigenvalue weighted by Crippen LogP contribution is -2.47. The quantitative estimate of drug-likeness (QED) is 0.607. The van der Waals surface area contributed by atoms with E-state index in [9.17, 15) is 13.2 Å². The molecule has 7 nitrogen and oxygen atoms in total. The molecule has 2 rings (SSSR count). The monoisotopic (exact) mass is 258 g/mol. The van der Waals surface area contributed by atoms with Crippen LogP contribution in [0.1, 0.15) is 0 Å². The van der Waals surface area contributed by atoms with Crippen molar-refractivity contribution >= 4 is 21.8 Å². The van der Waals surface area contributed by atoms with Crippen LogP contribution in [0.25, 0.3) is 0 Å². The maximum absolute atomic E-state index is 12.0. The minimum Gasteiger partial charge on any atom is -0.383 e. The molecule has 1 saturated heterocycles. The molecule has 0 aromatic heterocycles. The second-order valence-electron chi connectivity index (χ2n) is 4.10. The molecule has 2 aliphatic rings. The maximum atomic E-state index is 12.0. The summed E-state index contributed by atoms with van der Waals surface area (Å²) < 4.78 is 26.3. The van der Waals surface area contributed by atoms with Crippen LogP contribution in [-0.4, -0.2) is 63.2 Å². The fraction of sp³-hybridized carbons (Fsp3) is 0.556. The Morgan fingerprint density at radius 3 is 2.41 bits per heavy atom. The van der Waals surface area contributed by atoms with Crippen LogP contribution >= 0.6 is 0 Å². The summed E-state index contributed by atoms with van der Waals surface area (Å²) in [7, 11) is -1.93. The highest BCUT2D eigenvalue weighted by molar-refractivity contribution is 7.95. The zero-order valence-corrected chi connectivity index (χ0v) is 10.3. The van der Waals surface area contributed by atoms with Crippen molar-refractivity contribution in [3.63, 3.8) is 0 Å². The Hall–Kier alpha value is -1.41. The van der Waals surface area contributed by atoms with Gasteiger partial charge < -0.3 is 15.5 Å². The molecular formula is C9H14N4O3S. The van der Waals surface area contributed by atoms with E-state index >= 15 is 0 Å². The first-order valence-corrected chi connectivity index (χ1v) is 6.64. The lowest BCUT2D eigenvalue weighted by Gasteiger charge is -2.32. The third-order valence-electron chi connectivity index (χ3n) is 2.78. The van der Waals surface area contributed by atoms with Gasteiger partial charge >= 0.3 is 0 Å². The van der Waals surface area contributed by atoms with Gasteiger partial charge in [0.1, 0.15) is 5.84 Å². The summed E-state index contributed by atoms with van der Waals surface area (Å²) in [6.45, 7) is 2.50. The normalized spacial score (nSPS) is 24.4. The summed E-state index contributed by atoms with van der Waals surface area (Å²) in [6, 6.07) is 0. The van der Waals surface area contributed by atoms with E-state index < -0.39 is 15.9 Å². The van der Waals surface area contributed by atoms with E-state index in [1.54, 1.807) is 0 Å². The SMILES string of the molecule is CN1CCN(C(=O)C2=CC(N)=NS2(=O)=O)CC1. The van der Waals surface area contributed by atoms with Gasteiger partial charge in [0.05, 0.1) is 0 Å². The third-order valence-corrected chi connectivity index (χ3v) is 4.08. The fourth-order valence-electron chi connectivity index (χ4n) is 1.76. The Kier molecular flexibility index (Phi) is 2.92. The number of carbonyl (C=O) groups is 1. The minimum absolute atomic E-state index is 0.137. The Bertz CT molecular complexity index is 500. The average molecular weight is 258 g/mol. The highest BCUT2D eigenvalue weighted by Crippen LogP contribution is 2.18. The number of amides is 1. The van der Waals surface area contributed by atoms with Gasteiger partial charge in [-0.1, -0.05) is 0 Å². The lowest BCUT2D eigenvalue weighted by molar-refractivity contribution is -0.127. The summed E-state index contributed by atoms with van der Waals surface area (Å²) >= 11 is 0. The molecule has 0 aromatic rings. The molecule has 17 heavy (non-hydrogen) atoms. The second-order valence-corrected chi connectivity index (χ2v) is 5.67. The minimum atomic E-state index is -3.88. The number of piperazine rings is 1. The smallest absolute Gasteiger partial charge is 0.289 e. The van der Waals surface area contributed by atoms with Gasteiger partial charge in [-0.25, -0.2) is 0 Å². The zero-order valence-electron chi connectivity index (χ0n) is 9.46. The van der Waals surface area contributed by atoms with Gasteiger partial charge in [-0.15, -0.1) is 4.40 Å². The molecule has 2 aliphatic heterocycles. The van der Waals surface area contributed by atoms with Crippen molar-refractivity contribution in [3.05, 3.63) is 11.0 Å². The van der Waals surface area contributed by atoms with Gasteiger partial charge in [0.15, 0.2) is 4.91 Å². The van der Waals surface area contributed by atoms with E-state index in [1.165, 1.54) is 4.90 Å². The predicted octanol–water partition coefficient (Wildman–Crippen LogP) is -1.66. The number of nitrogens with zero attached hydrogens (tertiary/aromatic N) is 3. The van der Waals surface area contributed by atoms with Gasteiger partial charge in [0.2, 0.25) is 0 Å². The second kappa shape index (κ2) is 4.11. The molecular weight excluding hydrogens is 244 g/mol. The molecule has 0 aromatic carbocycles. The molecule has 0 bridgehead atoms. The average Bonchev–Trinajstić information content (AvgIpc) is 2.52. The third kappa shape index (κ3) is 2.32. The van der Waals surface area contributed by atoms with Crippen LogP contribution in [0.5, 0.6) is 0 Å². The van der Waals surface area contributed by atoms with Crippen LogP contribution in [0.4, 0.5) is 0 Å². The number of nitrogens with two attached hydrogens (primary N) is 1. The summed E-state index contributed by atoms with van der Waals surface area (Å²) in [6.07, 6.45) is 1.12. The van der Waals surface area contributed by atoms with Crippen LogP contribution in [0.15, 0.2) is 15.4 Å². The number of sulfonamides is 1. The molecule has 8 heteroatoms. The first kappa shape index (κ1) is 12.1. The molecule has 94 valence electrons. The summed E-state index contributed by atoms with van der Waals surface area (Å²) in [4.78, 5) is 15.3. The molecule has 0 saturated carbocycles. The number of hydrogen-bond donors (Lipinski definition) is 1. The van der Waals surface area contributed by atoms with Crippen LogP contribution in [0, 0.1) is 0 Å². The van der Waals surface area contributed by atoms with E-state index in [-0.39, 0.29) is 10.7 Å². The van der Waals surface area contributed by atoms with Crippen LogP contribution in [-0.2, 0) is 14.8 Å². The van der Waals surface area contributed by atoms with Crippen molar-refractivity contribution in [2.24, 2.45) is 10.1 Å². The topological polar surface area (TPSA) is 96.1 Å². The van der Waals surface area contributed by atoms with E-state index in [0.717, 1.165) is 19.2 Å². The van der Waals surface area contributed by atoms with Gasteiger partial charge in [-0.05, 0) is 7.05 Å². The molecule has 1 fully saturated rings. The molecule has 0 unspecified atom stereocenters. The maximum Gasteiger partial charge on any atom is 0.289 e. The summed E-state index contributed by atoms with van der Waals surface area (Å²) in [5, 5.41) is 0. The van der Waals surface area contributed by atoms with Gasteiger partial charge in [0.25, 0.3) is 15.9 Å². The standard InChI is InChI=1S/C9H14N4O3S/c1-12-2-4-13(5-3-12)9(14)7-6-8(10)11-17(7,15)16/h6H,2-5H2,1H3,(H2,10,11). The van der Waals surface area contributed by atoms with E-state index in [2.05, 4.69) is 9.30 Å². The van der Waals surface area contributed by atoms with Crippen molar-refractivity contribution in [2.45, 2.75) is 0 Å². The Morgan fingerprint density at radius 1 is 1.35 bits per heavy atom. The van der Waals surface area contributed by atoms with Gasteiger partial charge in [0, 0.05) is 32.3 Å². The predicted molar refractivity (Wildman–Crippen MR) is 62.7 cm³/mol. The summed E-state index contributed by atoms with van der Waals surface area (Å²) in [5.74, 6) is -0.648. The van der Waals surface area contributed by atoms with Crippen molar-refractivity contribution < 1.29 is 13.2 Å². The van der Waals surface area contributed by atoms with Crippen molar-refractivity contribution in [1.82, 2.24) is 9.80 Å². The molecule has 2 N–H and O–H groups in total. The molecule has 0 atom stereocenters. The fourth-order valence-corrected chi connectivity index (χ4v) is 2.81. The highest BCUT2D eigenvalue weighted by Gasteiger charge is 2.33. The van der Waals surface area contributed by atoms with Gasteiger partial charge in [-0.2, -0.15) is 8.42 Å². The molecule has 0 spiro atoms. The van der Waals surface area contributed by atoms with Crippen LogP contribution < -0.4 is 5.73 Å². The van der Waals surface area contributed by atoms with Gasteiger partial charge in [-0.3, -0.25) is 4.79 Å². The van der Waals surface area contributed by atoms with E-state index in [1.807, 2.05) is 7.05 Å². The zero-order chi connectivity index (χ0) is 12.6. The Labute approximate surface area is 99.6 Å². The largest absolute Gasteiger partial charge is 0.383 e. The van der Waals surface area contributed by atoms with Crippen molar-refractivity contribution in [3.8, 4) is 0 Å². The Balaban J connectivity index is 2.15. The molecule has 0 aliphatic carbocycles. The number of likely N-dealkylation sites (N-methyl/N-ethyl adjacent to an activating group) is 1. The van der Waals surface area contributed by atoms with Crippen molar-refractivity contribution in [1.29, 1.82) is 0 Å². The number of amidine groups is 1. The Morgan fingerprint density at radius 2 is 1.94 bits per heavy atom. The van der Waals surface area contributed by atoms with Crippen LogP contribution in [0.2, 0.25) is 0 Å². The summed E-state index contributed by atoms with van der Waals surface area (Å²) in [5.41, 5.74) is 5.31. The van der Waals surface area contributed by atoms with E-state index in [0.29, 0.717) is 13.1 Å². The molecule has 2 heterocycles. The first-order valence-electron chi connectivity index (χ1n) is 5.20. The highest BCUT2D eigenvalue weighted by atomic mass is 32.2. The van der Waals surface area contributed by atoms with Crippen LogP contribution in [0.3, 0.4) is 0 Å². The molecule has 1 amide bonds. The first-order chi connectivity index (χ1) is 7.90. The molecule has 0 radical (unpaired) electrons. The van der Waals surface area contributed by atoms with E-state index in [4.69, 9.17) is 5.73 Å². The number of hydrogen-bond acceptors (Lipinski definition) is 5. The lowest BCUT2D eigenvalue weighted by atomic mass is 10.3. The number of rotatable bonds is 1. The van der Waals surface area contributed by atoms with Crippen molar-refractivity contribution in [2.75, 3.05) is 33.2 Å².